The van der Waals surface area contributed by atoms with Crippen molar-refractivity contribution in [1.29, 1.82) is 0 Å². The van der Waals surface area contributed by atoms with Crippen molar-refractivity contribution < 1.29 is 13.2 Å². The molecular weight excluding hydrogens is 569 g/mol. The predicted octanol–water partition coefficient (Wildman–Crippen LogP) is 5.84. The Bertz CT molecular complexity index is 1670. The maximum Gasteiger partial charge on any atom is 0.269 e. The van der Waals surface area contributed by atoms with E-state index < -0.39 is 18.3 Å². The van der Waals surface area contributed by atoms with Crippen LogP contribution in [0.4, 0.5) is 17.6 Å². The van der Waals surface area contributed by atoms with Crippen molar-refractivity contribution in [3.05, 3.63) is 48.3 Å². The zero-order valence-electron chi connectivity index (χ0n) is 25.5. The fraction of sp³-hybridized carbons (Fsp3) is 0.517. The van der Waals surface area contributed by atoms with Crippen LogP contribution in [0, 0.1) is 12.8 Å². The van der Waals surface area contributed by atoms with Crippen LogP contribution in [-0.2, 0) is 10.0 Å². The van der Waals surface area contributed by atoms with Crippen LogP contribution in [0.1, 0.15) is 65.0 Å². The number of aromatic nitrogens is 6. The third-order valence-corrected chi connectivity index (χ3v) is 14.1. The van der Waals surface area contributed by atoms with Gasteiger partial charge in [-0.05, 0) is 88.7 Å². The quantitative estimate of drug-likeness (QED) is 0.169. The minimum atomic E-state index is -3.89. The van der Waals surface area contributed by atoms with Crippen molar-refractivity contribution >= 4 is 47.0 Å². The smallest absolute Gasteiger partial charge is 0.269 e. The summed E-state index contributed by atoms with van der Waals surface area (Å²) in [5.74, 6) is 1.81. The molecule has 11 nitrogen and oxygen atoms in total. The lowest BCUT2D eigenvalue weighted by Crippen LogP contribution is -2.39. The van der Waals surface area contributed by atoms with E-state index in [1.165, 1.54) is 10.2 Å². The van der Waals surface area contributed by atoms with Gasteiger partial charge in [0.25, 0.3) is 10.0 Å². The third-order valence-electron chi connectivity index (χ3n) is 8.83. The minimum absolute atomic E-state index is 0.0700. The van der Waals surface area contributed by atoms with Crippen LogP contribution >= 0.6 is 0 Å². The van der Waals surface area contributed by atoms with E-state index in [1.807, 2.05) is 20.0 Å². The molecule has 0 bridgehead atoms. The Morgan fingerprint density at radius 3 is 2.45 bits per heavy atom. The fourth-order valence-electron chi connectivity index (χ4n) is 4.78. The molecule has 226 valence electrons. The van der Waals surface area contributed by atoms with E-state index in [2.05, 4.69) is 53.6 Å². The fourth-order valence-corrected chi connectivity index (χ4v) is 6.83. The van der Waals surface area contributed by atoms with Crippen LogP contribution in [0.25, 0.3) is 11.0 Å². The van der Waals surface area contributed by atoms with Crippen molar-refractivity contribution in [3.8, 4) is 0 Å². The van der Waals surface area contributed by atoms with Gasteiger partial charge in [0.2, 0.25) is 5.95 Å². The van der Waals surface area contributed by atoms with Crippen LogP contribution < -0.4 is 10.6 Å². The Morgan fingerprint density at radius 1 is 1.12 bits per heavy atom. The Labute approximate surface area is 249 Å². The summed E-state index contributed by atoms with van der Waals surface area (Å²) in [7, 11) is -6.19. The number of hydrogen-bond acceptors (Lipinski definition) is 9. The number of anilines is 3. The Hall–Kier alpha value is -3.29. The summed E-state index contributed by atoms with van der Waals surface area (Å²) in [5, 5.41) is 15.7. The standard InChI is InChI=1S/C29H42N8O3SSi/c1-19-8-12-23(13-9-19)41(38,39)37-17-15-24-26(30-21(3)22-10-11-22)32-28(33-27(24)37)31-25-18-36(35-34-25)20(2)14-16-29(4,5)42(6,7)40/h8-9,12-13,15,17-18,20-22,40H,10-11,14,16H2,1-7H3,(H2,30,31,32,33)/t20-,21+/m1/s1. The first-order chi connectivity index (χ1) is 19.7. The van der Waals surface area contributed by atoms with E-state index in [9.17, 15) is 13.2 Å². The minimum Gasteiger partial charge on any atom is -0.432 e. The third kappa shape index (κ3) is 6.23. The molecule has 1 fully saturated rings. The van der Waals surface area contributed by atoms with Crippen LogP contribution in [0.5, 0.6) is 0 Å². The van der Waals surface area contributed by atoms with Gasteiger partial charge in [-0.2, -0.15) is 9.97 Å². The van der Waals surface area contributed by atoms with Gasteiger partial charge >= 0.3 is 0 Å². The van der Waals surface area contributed by atoms with E-state index in [0.717, 1.165) is 31.2 Å². The number of benzene rings is 1. The van der Waals surface area contributed by atoms with Crippen molar-refractivity contribution in [3.63, 3.8) is 0 Å². The second-order valence-electron chi connectivity index (χ2n) is 12.9. The largest absolute Gasteiger partial charge is 0.432 e. The van der Waals surface area contributed by atoms with Gasteiger partial charge in [-0.3, -0.25) is 0 Å². The monoisotopic (exact) mass is 610 g/mol. The SMILES string of the molecule is Cc1ccc(S(=O)(=O)n2ccc3c(N[C@@H](C)C4CC4)nc(Nc4cn([C@H](C)CCC(C)(C)[Si](C)(C)O)nn4)nc32)cc1. The highest BCUT2D eigenvalue weighted by Gasteiger charge is 2.38. The molecule has 4 aromatic rings. The van der Waals surface area contributed by atoms with Crippen LogP contribution in [-0.4, -0.2) is 56.5 Å². The normalized spacial score (nSPS) is 16.0. The van der Waals surface area contributed by atoms with Crippen molar-refractivity contribution in [2.45, 2.75) is 95.4 Å². The molecule has 3 aromatic heterocycles. The second kappa shape index (κ2) is 11.1. The first-order valence-electron chi connectivity index (χ1n) is 14.5. The Kier molecular flexibility index (Phi) is 7.96. The molecular formula is C29H42N8O3SSi. The molecule has 3 heterocycles. The molecule has 13 heteroatoms. The van der Waals surface area contributed by atoms with Gasteiger partial charge in [0, 0.05) is 12.2 Å². The predicted molar refractivity (Wildman–Crippen MR) is 168 cm³/mol. The van der Waals surface area contributed by atoms with Crippen LogP contribution in [0.3, 0.4) is 0 Å². The number of fused-ring (bicyclic) bond motifs is 1. The summed E-state index contributed by atoms with van der Waals surface area (Å²) in [4.78, 5) is 20.2. The maximum absolute atomic E-state index is 13.6. The summed E-state index contributed by atoms with van der Waals surface area (Å²) in [5.41, 5.74) is 1.25. The highest BCUT2D eigenvalue weighted by molar-refractivity contribution is 7.90. The average molecular weight is 611 g/mol. The first kappa shape index (κ1) is 30.2. The lowest BCUT2D eigenvalue weighted by atomic mass is 10.0. The van der Waals surface area contributed by atoms with E-state index in [4.69, 9.17) is 4.98 Å². The highest BCUT2D eigenvalue weighted by atomic mass is 32.2. The maximum atomic E-state index is 13.6. The molecule has 1 aliphatic carbocycles. The van der Waals surface area contributed by atoms with E-state index >= 15 is 0 Å². The van der Waals surface area contributed by atoms with Gasteiger partial charge in [-0.15, -0.1) is 5.10 Å². The summed E-state index contributed by atoms with van der Waals surface area (Å²) >= 11 is 0. The number of aryl methyl sites for hydroxylation is 1. The molecule has 1 aliphatic rings. The molecule has 3 N–H and O–H groups in total. The van der Waals surface area contributed by atoms with Gasteiger partial charge in [0.1, 0.15) is 5.82 Å². The second-order valence-corrected chi connectivity index (χ2v) is 19.2. The van der Waals surface area contributed by atoms with Gasteiger partial charge in [0.15, 0.2) is 19.8 Å². The van der Waals surface area contributed by atoms with E-state index in [1.54, 1.807) is 41.2 Å². The van der Waals surface area contributed by atoms with Gasteiger partial charge < -0.3 is 15.4 Å². The lowest BCUT2D eigenvalue weighted by Gasteiger charge is -2.35. The summed E-state index contributed by atoms with van der Waals surface area (Å²) in [6.45, 7) is 14.3. The molecule has 0 saturated heterocycles. The molecule has 5 rings (SSSR count). The van der Waals surface area contributed by atoms with Crippen molar-refractivity contribution in [1.82, 2.24) is 28.9 Å². The molecule has 42 heavy (non-hydrogen) atoms. The molecule has 0 radical (unpaired) electrons. The Balaban J connectivity index is 1.44. The molecule has 2 atom stereocenters. The number of nitrogens with zero attached hydrogens (tertiary/aromatic N) is 6. The van der Waals surface area contributed by atoms with Crippen LogP contribution in [0.2, 0.25) is 18.1 Å². The number of hydrogen-bond donors (Lipinski definition) is 3. The van der Waals surface area contributed by atoms with Gasteiger partial charge in [-0.1, -0.05) is 36.8 Å². The summed E-state index contributed by atoms with van der Waals surface area (Å²) in [6, 6.07) is 8.77. The average Bonchev–Trinajstić information content (AvgIpc) is 3.51. The highest BCUT2D eigenvalue weighted by Crippen LogP contribution is 2.41. The zero-order chi connectivity index (χ0) is 30.4. The molecule has 0 spiro atoms. The number of nitrogens with one attached hydrogen (secondary N) is 2. The molecule has 0 aliphatic heterocycles. The topological polar surface area (TPSA) is 140 Å². The van der Waals surface area contributed by atoms with Crippen molar-refractivity contribution in [2.24, 2.45) is 5.92 Å². The molecule has 1 aromatic carbocycles. The first-order valence-corrected chi connectivity index (χ1v) is 18.9. The lowest BCUT2D eigenvalue weighted by molar-refractivity contribution is 0.380. The number of rotatable bonds is 12. The van der Waals surface area contributed by atoms with E-state index in [-0.39, 0.29) is 33.6 Å². The zero-order valence-corrected chi connectivity index (χ0v) is 27.3. The van der Waals surface area contributed by atoms with Gasteiger partial charge in [-0.25, -0.2) is 17.1 Å². The molecule has 0 amide bonds. The van der Waals surface area contributed by atoms with Gasteiger partial charge in [0.05, 0.1) is 22.5 Å². The van der Waals surface area contributed by atoms with E-state index in [0.29, 0.717) is 22.9 Å². The van der Waals surface area contributed by atoms with Crippen LogP contribution in [0.15, 0.2) is 47.6 Å². The van der Waals surface area contributed by atoms with Crippen molar-refractivity contribution in [2.75, 3.05) is 10.6 Å². The summed E-state index contributed by atoms with van der Waals surface area (Å²) in [6.07, 6.45) is 7.36. The summed E-state index contributed by atoms with van der Waals surface area (Å²) < 4.78 is 30.3. The molecule has 1 saturated carbocycles. The Morgan fingerprint density at radius 2 is 1.81 bits per heavy atom. The molecule has 0 unspecified atom stereocenters.